The van der Waals surface area contributed by atoms with Crippen molar-refractivity contribution in [3.05, 3.63) is 0 Å². The molecule has 0 saturated heterocycles. The SMILES string of the molecule is C1CCC(CC2C3CC[C@@H]2C3)C1. The first-order valence-corrected chi connectivity index (χ1v) is 5.93. The minimum atomic E-state index is 1.15. The van der Waals surface area contributed by atoms with Crippen molar-refractivity contribution >= 4 is 0 Å². The smallest absolute Gasteiger partial charge is 0.0355 e. The van der Waals surface area contributed by atoms with E-state index in [1.54, 1.807) is 38.5 Å². The first-order valence-electron chi connectivity index (χ1n) is 5.93. The average molecular weight is 164 g/mol. The molecule has 0 nitrogen and oxygen atoms in total. The lowest BCUT2D eigenvalue weighted by Gasteiger charge is -2.37. The van der Waals surface area contributed by atoms with Crippen LogP contribution in [0.1, 0.15) is 51.4 Å². The zero-order valence-corrected chi connectivity index (χ0v) is 7.97. The zero-order valence-electron chi connectivity index (χ0n) is 7.97. The molecule has 2 bridgehead atoms. The standard InChI is InChI=1S/C12H20/c1-2-4-9(3-1)7-12-10-5-6-11(12)8-10/h9-12H,1-8H2/t10-,11?,12?/m1/s1. The van der Waals surface area contributed by atoms with Crippen molar-refractivity contribution in [2.24, 2.45) is 23.7 Å². The van der Waals surface area contributed by atoms with Crippen LogP contribution >= 0.6 is 0 Å². The molecule has 4 rings (SSSR count). The Hall–Kier alpha value is 0. The van der Waals surface area contributed by atoms with Gasteiger partial charge < -0.3 is 0 Å². The van der Waals surface area contributed by atoms with Gasteiger partial charge in [-0.25, -0.2) is 0 Å². The molecule has 0 amide bonds. The summed E-state index contributed by atoms with van der Waals surface area (Å²) < 4.78 is 0. The van der Waals surface area contributed by atoms with Crippen molar-refractivity contribution in [3.63, 3.8) is 0 Å². The minimum absolute atomic E-state index is 1.15. The second-order valence-electron chi connectivity index (χ2n) is 5.38. The van der Waals surface area contributed by atoms with Crippen LogP contribution in [0.3, 0.4) is 0 Å². The Bertz CT molecular complexity index is 153. The van der Waals surface area contributed by atoms with Gasteiger partial charge in [0.1, 0.15) is 0 Å². The van der Waals surface area contributed by atoms with E-state index in [1.807, 2.05) is 0 Å². The Morgan fingerprint density at radius 1 is 0.833 bits per heavy atom. The maximum absolute atomic E-state index is 1.62. The van der Waals surface area contributed by atoms with E-state index in [9.17, 15) is 0 Å². The molecule has 0 aliphatic heterocycles. The van der Waals surface area contributed by atoms with E-state index in [-0.39, 0.29) is 0 Å². The summed E-state index contributed by atoms with van der Waals surface area (Å²) in [5, 5.41) is 0. The van der Waals surface area contributed by atoms with E-state index in [0.717, 1.165) is 5.92 Å². The Balaban J connectivity index is 1.55. The lowest BCUT2D eigenvalue weighted by Crippen LogP contribution is -2.29. The van der Waals surface area contributed by atoms with E-state index in [1.165, 1.54) is 30.6 Å². The van der Waals surface area contributed by atoms with Crippen molar-refractivity contribution in [2.45, 2.75) is 51.4 Å². The Morgan fingerprint density at radius 3 is 2.08 bits per heavy atom. The third-order valence-electron chi connectivity index (χ3n) is 4.80. The monoisotopic (exact) mass is 164 g/mol. The molecule has 12 heavy (non-hydrogen) atoms. The molecule has 0 heterocycles. The fourth-order valence-electron chi connectivity index (χ4n) is 4.04. The molecule has 4 fully saturated rings. The summed E-state index contributed by atoms with van der Waals surface area (Å²) in [6.07, 6.45) is 12.6. The van der Waals surface area contributed by atoms with Gasteiger partial charge in [0, 0.05) is 0 Å². The second-order valence-corrected chi connectivity index (χ2v) is 5.38. The summed E-state index contributed by atoms with van der Waals surface area (Å²) in [6.45, 7) is 0. The molecule has 4 aliphatic rings. The van der Waals surface area contributed by atoms with E-state index in [0.29, 0.717) is 0 Å². The van der Waals surface area contributed by atoms with Crippen LogP contribution in [0.4, 0.5) is 0 Å². The fourth-order valence-corrected chi connectivity index (χ4v) is 4.04. The minimum Gasteiger partial charge on any atom is -0.0530 e. The van der Waals surface area contributed by atoms with Crippen LogP contribution in [-0.4, -0.2) is 0 Å². The van der Waals surface area contributed by atoms with Gasteiger partial charge in [0.05, 0.1) is 0 Å². The lowest BCUT2D eigenvalue weighted by atomic mass is 9.68. The van der Waals surface area contributed by atoms with Crippen molar-refractivity contribution in [2.75, 3.05) is 0 Å². The summed E-state index contributed by atoms with van der Waals surface area (Å²) >= 11 is 0. The summed E-state index contributed by atoms with van der Waals surface area (Å²) in [5.74, 6) is 4.73. The Kier molecular flexibility index (Phi) is 1.70. The van der Waals surface area contributed by atoms with Gasteiger partial charge in [-0.3, -0.25) is 0 Å². The van der Waals surface area contributed by atoms with Gasteiger partial charge in [-0.05, 0) is 49.4 Å². The van der Waals surface area contributed by atoms with Gasteiger partial charge in [0.2, 0.25) is 0 Å². The molecule has 68 valence electrons. The van der Waals surface area contributed by atoms with Crippen LogP contribution in [0.15, 0.2) is 0 Å². The van der Waals surface area contributed by atoms with Gasteiger partial charge in [-0.2, -0.15) is 0 Å². The van der Waals surface area contributed by atoms with Gasteiger partial charge in [0.15, 0.2) is 0 Å². The number of fused-ring (bicyclic) bond motifs is 1. The number of hydrogen-bond donors (Lipinski definition) is 0. The molecule has 0 heteroatoms. The highest BCUT2D eigenvalue weighted by Crippen LogP contribution is 2.56. The molecule has 0 aromatic rings. The first kappa shape index (κ1) is 7.41. The predicted octanol–water partition coefficient (Wildman–Crippen LogP) is 3.61. The molecule has 2 unspecified atom stereocenters. The zero-order chi connectivity index (χ0) is 7.97. The molecule has 0 aromatic heterocycles. The molecule has 0 radical (unpaired) electrons. The largest absolute Gasteiger partial charge is 0.0530 e. The highest BCUT2D eigenvalue weighted by molar-refractivity contribution is 4.96. The van der Waals surface area contributed by atoms with Crippen LogP contribution in [0.5, 0.6) is 0 Å². The van der Waals surface area contributed by atoms with Crippen LogP contribution in [0.2, 0.25) is 0 Å². The number of hydrogen-bond acceptors (Lipinski definition) is 0. The van der Waals surface area contributed by atoms with Crippen LogP contribution in [0, 0.1) is 23.7 Å². The van der Waals surface area contributed by atoms with Crippen molar-refractivity contribution in [1.29, 1.82) is 0 Å². The van der Waals surface area contributed by atoms with Gasteiger partial charge in [-0.1, -0.05) is 25.7 Å². The normalized spacial score (nSPS) is 46.5. The summed E-state index contributed by atoms with van der Waals surface area (Å²) in [6, 6.07) is 0. The average Bonchev–Trinajstić information content (AvgIpc) is 2.76. The maximum atomic E-state index is 1.62. The van der Waals surface area contributed by atoms with Gasteiger partial charge >= 0.3 is 0 Å². The maximum Gasteiger partial charge on any atom is -0.0355 e. The van der Waals surface area contributed by atoms with E-state index in [4.69, 9.17) is 0 Å². The van der Waals surface area contributed by atoms with Crippen LogP contribution < -0.4 is 0 Å². The highest BCUT2D eigenvalue weighted by atomic mass is 14.5. The van der Waals surface area contributed by atoms with Crippen LogP contribution in [0.25, 0.3) is 0 Å². The molecule has 3 atom stereocenters. The van der Waals surface area contributed by atoms with E-state index in [2.05, 4.69) is 0 Å². The predicted molar refractivity (Wildman–Crippen MR) is 50.9 cm³/mol. The molecular weight excluding hydrogens is 144 g/mol. The number of rotatable bonds is 2. The van der Waals surface area contributed by atoms with E-state index < -0.39 is 0 Å². The Labute approximate surface area is 75.7 Å². The Morgan fingerprint density at radius 2 is 1.50 bits per heavy atom. The molecular formula is C12H20. The third kappa shape index (κ3) is 1.03. The van der Waals surface area contributed by atoms with Crippen molar-refractivity contribution in [3.8, 4) is 0 Å². The lowest BCUT2D eigenvalue weighted by molar-refractivity contribution is 0.123. The van der Waals surface area contributed by atoms with Gasteiger partial charge in [-0.15, -0.1) is 0 Å². The van der Waals surface area contributed by atoms with E-state index >= 15 is 0 Å². The molecule has 0 N–H and O–H groups in total. The van der Waals surface area contributed by atoms with Crippen molar-refractivity contribution < 1.29 is 0 Å². The summed E-state index contributed by atoms with van der Waals surface area (Å²) in [4.78, 5) is 0. The summed E-state index contributed by atoms with van der Waals surface area (Å²) in [7, 11) is 0. The molecule has 4 aliphatic carbocycles. The van der Waals surface area contributed by atoms with Crippen molar-refractivity contribution in [1.82, 2.24) is 0 Å². The highest BCUT2D eigenvalue weighted by Gasteiger charge is 2.46. The first-order chi connectivity index (χ1) is 5.93. The fraction of sp³-hybridized carbons (Fsp3) is 1.00. The quantitative estimate of drug-likeness (QED) is 0.585. The van der Waals surface area contributed by atoms with Gasteiger partial charge in [0.25, 0.3) is 0 Å². The van der Waals surface area contributed by atoms with Crippen LogP contribution in [-0.2, 0) is 0 Å². The molecule has 0 spiro atoms. The molecule has 0 aromatic carbocycles. The third-order valence-corrected chi connectivity index (χ3v) is 4.80. The summed E-state index contributed by atoms with van der Waals surface area (Å²) in [5.41, 5.74) is 0. The second kappa shape index (κ2) is 2.75. The topological polar surface area (TPSA) is 0 Å². The molecule has 4 saturated carbocycles.